The normalized spacial score (nSPS) is 13.9. The lowest BCUT2D eigenvalue weighted by atomic mass is 9.93. The molecule has 4 nitrogen and oxygen atoms in total. The van der Waals surface area contributed by atoms with E-state index in [1.807, 2.05) is 18.9 Å². The van der Waals surface area contributed by atoms with Gasteiger partial charge in [-0.25, -0.2) is 0 Å². The summed E-state index contributed by atoms with van der Waals surface area (Å²) in [4.78, 5) is 13.6. The molecule has 0 fully saturated rings. The number of amides is 1. The highest BCUT2D eigenvalue weighted by Crippen LogP contribution is 2.13. The van der Waals surface area contributed by atoms with E-state index in [9.17, 15) is 4.79 Å². The largest absolute Gasteiger partial charge is 0.353 e. The number of carbonyl (C=O) groups excluding carboxylic acids is 1. The third kappa shape index (κ3) is 6.80. The van der Waals surface area contributed by atoms with Crippen molar-refractivity contribution in [1.29, 1.82) is 0 Å². The molecule has 3 N–H and O–H groups in total. The first-order valence-corrected chi connectivity index (χ1v) is 5.98. The summed E-state index contributed by atoms with van der Waals surface area (Å²) in [5, 5.41) is 2.95. The first-order chi connectivity index (χ1) is 7.30. The van der Waals surface area contributed by atoms with E-state index in [1.165, 1.54) is 0 Å². The van der Waals surface area contributed by atoms with Crippen molar-refractivity contribution in [2.75, 3.05) is 26.7 Å². The van der Waals surface area contributed by atoms with Gasteiger partial charge in [0.2, 0.25) is 5.91 Å². The quantitative estimate of drug-likeness (QED) is 0.679. The molecular weight excluding hydrogens is 202 g/mol. The van der Waals surface area contributed by atoms with Crippen molar-refractivity contribution in [2.24, 2.45) is 11.1 Å². The molecular formula is C12H27N3O. The van der Waals surface area contributed by atoms with Gasteiger partial charge in [0, 0.05) is 12.6 Å². The SMILES string of the molecule is CCC(C)NC(=O)CN(C)CC(C)(C)CN. The van der Waals surface area contributed by atoms with Crippen LogP contribution in [0.1, 0.15) is 34.1 Å². The minimum absolute atomic E-state index is 0.0609. The minimum atomic E-state index is 0.0609. The van der Waals surface area contributed by atoms with Gasteiger partial charge in [-0.1, -0.05) is 20.8 Å². The van der Waals surface area contributed by atoms with E-state index >= 15 is 0 Å². The molecule has 4 heteroatoms. The van der Waals surface area contributed by atoms with Crippen molar-refractivity contribution in [1.82, 2.24) is 10.2 Å². The first-order valence-electron chi connectivity index (χ1n) is 5.98. The number of likely N-dealkylation sites (N-methyl/N-ethyl adjacent to an activating group) is 1. The molecule has 0 heterocycles. The number of hydrogen-bond donors (Lipinski definition) is 2. The molecule has 0 spiro atoms. The monoisotopic (exact) mass is 229 g/mol. The third-order valence-corrected chi connectivity index (χ3v) is 2.68. The highest BCUT2D eigenvalue weighted by atomic mass is 16.2. The van der Waals surface area contributed by atoms with E-state index in [4.69, 9.17) is 5.73 Å². The predicted octanol–water partition coefficient (Wildman–Crippen LogP) is 0.818. The van der Waals surface area contributed by atoms with E-state index in [1.54, 1.807) is 0 Å². The lowest BCUT2D eigenvalue weighted by molar-refractivity contribution is -0.122. The average molecular weight is 229 g/mol. The lowest BCUT2D eigenvalue weighted by Crippen LogP contribution is -2.43. The van der Waals surface area contributed by atoms with Crippen LogP contribution in [0.4, 0.5) is 0 Å². The summed E-state index contributed by atoms with van der Waals surface area (Å²) in [7, 11) is 1.95. The second-order valence-electron chi connectivity index (χ2n) is 5.42. The summed E-state index contributed by atoms with van der Waals surface area (Å²) in [6.45, 7) is 10.2. The van der Waals surface area contributed by atoms with Gasteiger partial charge in [-0.2, -0.15) is 0 Å². The Labute approximate surface area is 99.6 Å². The number of carbonyl (C=O) groups is 1. The topological polar surface area (TPSA) is 58.4 Å². The zero-order chi connectivity index (χ0) is 12.8. The molecule has 0 saturated carbocycles. The standard InChI is InChI=1S/C12H27N3O/c1-6-10(2)14-11(16)7-15(5)9-12(3,4)8-13/h10H,6-9,13H2,1-5H3,(H,14,16). The zero-order valence-electron chi connectivity index (χ0n) is 11.3. The summed E-state index contributed by atoms with van der Waals surface area (Å²) in [6.07, 6.45) is 0.962. The van der Waals surface area contributed by atoms with Crippen LogP contribution in [0, 0.1) is 5.41 Å². The van der Waals surface area contributed by atoms with E-state index in [-0.39, 0.29) is 17.4 Å². The van der Waals surface area contributed by atoms with Crippen LogP contribution in [0.25, 0.3) is 0 Å². The molecule has 0 aromatic heterocycles. The number of hydrogen-bond acceptors (Lipinski definition) is 3. The molecule has 96 valence electrons. The molecule has 1 amide bonds. The van der Waals surface area contributed by atoms with Gasteiger partial charge in [0.05, 0.1) is 6.54 Å². The smallest absolute Gasteiger partial charge is 0.234 e. The fourth-order valence-electron chi connectivity index (χ4n) is 1.52. The van der Waals surface area contributed by atoms with Crippen molar-refractivity contribution in [3.8, 4) is 0 Å². The van der Waals surface area contributed by atoms with Gasteiger partial charge in [-0.15, -0.1) is 0 Å². The van der Waals surface area contributed by atoms with Crippen molar-refractivity contribution in [3.05, 3.63) is 0 Å². The van der Waals surface area contributed by atoms with Crippen LogP contribution in [-0.2, 0) is 4.79 Å². The molecule has 0 radical (unpaired) electrons. The summed E-state index contributed by atoms with van der Waals surface area (Å²) in [5.74, 6) is 0.0877. The Morgan fingerprint density at radius 1 is 1.50 bits per heavy atom. The second-order valence-corrected chi connectivity index (χ2v) is 5.42. The second kappa shape index (κ2) is 6.86. The van der Waals surface area contributed by atoms with Gasteiger partial charge >= 0.3 is 0 Å². The van der Waals surface area contributed by atoms with Crippen LogP contribution in [0.2, 0.25) is 0 Å². The maximum absolute atomic E-state index is 11.6. The van der Waals surface area contributed by atoms with Crippen molar-refractivity contribution in [3.63, 3.8) is 0 Å². The molecule has 0 aliphatic rings. The summed E-state index contributed by atoms with van der Waals surface area (Å²) in [5.41, 5.74) is 5.72. The van der Waals surface area contributed by atoms with Gasteiger partial charge < -0.3 is 11.1 Å². The van der Waals surface area contributed by atoms with Crippen LogP contribution in [0.3, 0.4) is 0 Å². The molecule has 1 unspecified atom stereocenters. The van der Waals surface area contributed by atoms with Crippen LogP contribution >= 0.6 is 0 Å². The Kier molecular flexibility index (Phi) is 6.60. The molecule has 0 bridgehead atoms. The zero-order valence-corrected chi connectivity index (χ0v) is 11.3. The molecule has 0 saturated heterocycles. The van der Waals surface area contributed by atoms with E-state index < -0.39 is 0 Å². The molecule has 1 atom stereocenters. The third-order valence-electron chi connectivity index (χ3n) is 2.68. The Balaban J connectivity index is 3.96. The molecule has 0 rings (SSSR count). The van der Waals surface area contributed by atoms with Gasteiger partial charge in [0.25, 0.3) is 0 Å². The molecule has 0 aromatic carbocycles. The number of nitrogens with one attached hydrogen (secondary N) is 1. The Hall–Kier alpha value is -0.610. The minimum Gasteiger partial charge on any atom is -0.353 e. The van der Waals surface area contributed by atoms with Crippen molar-refractivity contribution < 1.29 is 4.79 Å². The van der Waals surface area contributed by atoms with E-state index in [2.05, 4.69) is 26.1 Å². The van der Waals surface area contributed by atoms with Gasteiger partial charge in [-0.05, 0) is 32.4 Å². The van der Waals surface area contributed by atoms with Gasteiger partial charge in [-0.3, -0.25) is 9.69 Å². The Bertz CT molecular complexity index is 216. The Morgan fingerprint density at radius 2 is 2.06 bits per heavy atom. The highest BCUT2D eigenvalue weighted by molar-refractivity contribution is 5.78. The highest BCUT2D eigenvalue weighted by Gasteiger charge is 2.19. The first kappa shape index (κ1) is 15.4. The van der Waals surface area contributed by atoms with Crippen LogP contribution in [-0.4, -0.2) is 43.5 Å². The Morgan fingerprint density at radius 3 is 2.50 bits per heavy atom. The number of rotatable bonds is 7. The molecule has 0 aromatic rings. The molecule has 16 heavy (non-hydrogen) atoms. The van der Waals surface area contributed by atoms with Crippen LogP contribution < -0.4 is 11.1 Å². The fraction of sp³-hybridized carbons (Fsp3) is 0.917. The van der Waals surface area contributed by atoms with Crippen LogP contribution in [0.5, 0.6) is 0 Å². The van der Waals surface area contributed by atoms with E-state index in [0.29, 0.717) is 13.1 Å². The van der Waals surface area contributed by atoms with Crippen LogP contribution in [0.15, 0.2) is 0 Å². The lowest BCUT2D eigenvalue weighted by Gasteiger charge is -2.28. The predicted molar refractivity (Wildman–Crippen MR) is 68.2 cm³/mol. The van der Waals surface area contributed by atoms with Crippen molar-refractivity contribution >= 4 is 5.91 Å². The fourth-order valence-corrected chi connectivity index (χ4v) is 1.52. The summed E-state index contributed by atoms with van der Waals surface area (Å²) in [6, 6.07) is 0.253. The summed E-state index contributed by atoms with van der Waals surface area (Å²) >= 11 is 0. The van der Waals surface area contributed by atoms with Gasteiger partial charge in [0.15, 0.2) is 0 Å². The van der Waals surface area contributed by atoms with Gasteiger partial charge in [0.1, 0.15) is 0 Å². The summed E-state index contributed by atoms with van der Waals surface area (Å²) < 4.78 is 0. The van der Waals surface area contributed by atoms with Crippen molar-refractivity contribution in [2.45, 2.75) is 40.2 Å². The molecule has 0 aliphatic carbocycles. The maximum Gasteiger partial charge on any atom is 0.234 e. The number of nitrogens with two attached hydrogens (primary N) is 1. The molecule has 0 aliphatic heterocycles. The average Bonchev–Trinajstić information content (AvgIpc) is 2.16. The van der Waals surface area contributed by atoms with E-state index in [0.717, 1.165) is 13.0 Å². The number of nitrogens with zero attached hydrogens (tertiary/aromatic N) is 1. The maximum atomic E-state index is 11.6.